The first kappa shape index (κ1) is 8.80. The first-order valence-electron chi connectivity index (χ1n) is 5.38. The summed E-state index contributed by atoms with van der Waals surface area (Å²) in [5.74, 6) is 1.27. The predicted octanol–water partition coefficient (Wildman–Crippen LogP) is 2.37. The number of aromatic nitrogens is 1. The molecule has 1 unspecified atom stereocenters. The van der Waals surface area contributed by atoms with Gasteiger partial charge in [0.1, 0.15) is 6.20 Å². The van der Waals surface area contributed by atoms with Crippen LogP contribution in [0.2, 0.25) is 0 Å². The molecular formula is C12H14N3+. The lowest BCUT2D eigenvalue weighted by atomic mass is 10.2. The maximum atomic E-state index is 4.47. The van der Waals surface area contributed by atoms with E-state index in [4.69, 9.17) is 0 Å². The van der Waals surface area contributed by atoms with Crippen LogP contribution in [-0.2, 0) is 0 Å². The van der Waals surface area contributed by atoms with Gasteiger partial charge in [-0.3, -0.25) is 4.98 Å². The Morgan fingerprint density at radius 3 is 3.20 bits per heavy atom. The van der Waals surface area contributed by atoms with E-state index in [1.165, 1.54) is 17.9 Å². The van der Waals surface area contributed by atoms with E-state index in [0.717, 1.165) is 23.1 Å². The quantitative estimate of drug-likeness (QED) is 0.639. The molecule has 2 aliphatic heterocycles. The van der Waals surface area contributed by atoms with Gasteiger partial charge in [-0.25, -0.2) is 9.48 Å². The van der Waals surface area contributed by atoms with Crippen molar-refractivity contribution in [2.75, 3.05) is 6.54 Å². The zero-order valence-electron chi connectivity index (χ0n) is 8.85. The third kappa shape index (κ3) is 1.10. The third-order valence-electron chi connectivity index (χ3n) is 3.33. The predicted molar refractivity (Wildman–Crippen MR) is 61.4 cm³/mol. The maximum absolute atomic E-state index is 4.47. The molecule has 15 heavy (non-hydrogen) atoms. The van der Waals surface area contributed by atoms with Gasteiger partial charge in [0.05, 0.1) is 18.4 Å². The molecule has 76 valence electrons. The molecule has 0 radical (unpaired) electrons. The molecule has 1 atom stereocenters. The molecule has 1 aromatic rings. The molecule has 3 heterocycles. The van der Waals surface area contributed by atoms with Crippen molar-refractivity contribution in [3.8, 4) is 0 Å². The van der Waals surface area contributed by atoms with E-state index >= 15 is 0 Å². The highest BCUT2D eigenvalue weighted by molar-refractivity contribution is 5.98. The molecule has 0 spiro atoms. The number of pyridine rings is 1. The average Bonchev–Trinajstić information content (AvgIpc) is 2.77. The van der Waals surface area contributed by atoms with Gasteiger partial charge < -0.3 is 0 Å². The Balaban J connectivity index is 2.18. The van der Waals surface area contributed by atoms with Crippen molar-refractivity contribution >= 4 is 11.5 Å². The van der Waals surface area contributed by atoms with Crippen molar-refractivity contribution in [2.45, 2.75) is 19.8 Å². The molecule has 1 saturated heterocycles. The molecule has 0 aromatic carbocycles. The van der Waals surface area contributed by atoms with E-state index < -0.39 is 0 Å². The van der Waals surface area contributed by atoms with Crippen LogP contribution < -0.4 is 4.48 Å². The number of aliphatic imine (C=N–C) groups is 1. The van der Waals surface area contributed by atoms with Crippen LogP contribution in [0.1, 0.15) is 18.5 Å². The van der Waals surface area contributed by atoms with Gasteiger partial charge in [-0.15, -0.1) is 0 Å². The van der Waals surface area contributed by atoms with Crippen LogP contribution in [0.25, 0.3) is 0 Å². The van der Waals surface area contributed by atoms with E-state index in [0.29, 0.717) is 0 Å². The number of amidine groups is 1. The largest absolute Gasteiger partial charge is 0.255 e. The molecule has 1 fully saturated rings. The Kier molecular flexibility index (Phi) is 1.76. The Bertz CT molecular complexity index is 462. The number of quaternary nitrogens is 1. The van der Waals surface area contributed by atoms with Gasteiger partial charge in [0.25, 0.3) is 0 Å². The van der Waals surface area contributed by atoms with Crippen LogP contribution in [0, 0.1) is 6.92 Å². The standard InChI is InChI=1S/C12H14N3/c1-10-11(4-2-6-13-10)15-8-3-5-12(15)14-7-9-15/h2,4,6-7,9H,3,5,8H2,1H3/q+1. The van der Waals surface area contributed by atoms with Gasteiger partial charge >= 0.3 is 0 Å². The van der Waals surface area contributed by atoms with E-state index in [9.17, 15) is 0 Å². The zero-order valence-corrected chi connectivity index (χ0v) is 8.85. The van der Waals surface area contributed by atoms with Crippen molar-refractivity contribution in [1.82, 2.24) is 9.47 Å². The highest BCUT2D eigenvalue weighted by Crippen LogP contribution is 2.36. The summed E-state index contributed by atoms with van der Waals surface area (Å²) in [5.41, 5.74) is 2.39. The Hall–Kier alpha value is -1.48. The van der Waals surface area contributed by atoms with Crippen molar-refractivity contribution in [2.24, 2.45) is 4.99 Å². The van der Waals surface area contributed by atoms with Gasteiger partial charge in [-0.2, -0.15) is 0 Å². The van der Waals surface area contributed by atoms with Gasteiger partial charge in [0.2, 0.25) is 5.84 Å². The van der Waals surface area contributed by atoms with Crippen molar-refractivity contribution in [3.05, 3.63) is 36.4 Å². The first-order chi connectivity index (χ1) is 7.33. The van der Waals surface area contributed by atoms with Crippen molar-refractivity contribution < 1.29 is 0 Å². The number of rotatable bonds is 1. The second-order valence-electron chi connectivity index (χ2n) is 4.15. The highest BCUT2D eigenvalue weighted by Gasteiger charge is 2.43. The summed E-state index contributed by atoms with van der Waals surface area (Å²) in [6.45, 7) is 3.20. The number of hydrogen-bond donors (Lipinski definition) is 0. The lowest BCUT2D eigenvalue weighted by molar-refractivity contribution is 0.582. The molecule has 0 N–H and O–H groups in total. The number of hydrogen-bond acceptors (Lipinski definition) is 2. The fourth-order valence-corrected chi connectivity index (χ4v) is 2.61. The van der Waals surface area contributed by atoms with Crippen LogP contribution in [0.4, 0.5) is 5.69 Å². The number of aryl methyl sites for hydroxylation is 1. The zero-order chi connectivity index (χ0) is 10.3. The summed E-state index contributed by atoms with van der Waals surface area (Å²) in [4.78, 5) is 8.84. The smallest absolute Gasteiger partial charge is 0.213 e. The van der Waals surface area contributed by atoms with Gasteiger partial charge in [-0.05, 0) is 13.0 Å². The Morgan fingerprint density at radius 1 is 1.40 bits per heavy atom. The Morgan fingerprint density at radius 2 is 2.33 bits per heavy atom. The van der Waals surface area contributed by atoms with Crippen molar-refractivity contribution in [3.63, 3.8) is 0 Å². The summed E-state index contributed by atoms with van der Waals surface area (Å²) in [7, 11) is 0. The van der Waals surface area contributed by atoms with E-state index in [1.807, 2.05) is 18.5 Å². The normalized spacial score (nSPS) is 27.9. The second kappa shape index (κ2) is 3.00. The minimum atomic E-state index is 0.819. The van der Waals surface area contributed by atoms with Gasteiger partial charge in [0.15, 0.2) is 5.69 Å². The van der Waals surface area contributed by atoms with Gasteiger partial charge in [0, 0.05) is 25.1 Å². The Labute approximate surface area is 89.4 Å². The minimum Gasteiger partial charge on any atom is -0.255 e. The van der Waals surface area contributed by atoms with Crippen LogP contribution in [0.5, 0.6) is 0 Å². The molecule has 3 rings (SSSR count). The summed E-state index contributed by atoms with van der Waals surface area (Å²) in [6.07, 6.45) is 8.30. The average molecular weight is 200 g/mol. The SMILES string of the molecule is Cc1ncccc1[N+]12C=CN=C1CCC2. The van der Waals surface area contributed by atoms with E-state index in [2.05, 4.69) is 29.2 Å². The molecule has 0 amide bonds. The summed E-state index contributed by atoms with van der Waals surface area (Å²) < 4.78 is 0.819. The fourth-order valence-electron chi connectivity index (χ4n) is 2.61. The fraction of sp³-hybridized carbons (Fsp3) is 0.333. The number of fused-ring (bicyclic) bond motifs is 1. The second-order valence-corrected chi connectivity index (χ2v) is 4.15. The van der Waals surface area contributed by atoms with Crippen LogP contribution in [0.15, 0.2) is 35.7 Å². The van der Waals surface area contributed by atoms with Crippen LogP contribution >= 0.6 is 0 Å². The first-order valence-corrected chi connectivity index (χ1v) is 5.38. The third-order valence-corrected chi connectivity index (χ3v) is 3.33. The maximum Gasteiger partial charge on any atom is 0.213 e. The summed E-state index contributed by atoms with van der Waals surface area (Å²) in [5, 5.41) is 0. The van der Waals surface area contributed by atoms with Crippen LogP contribution in [0.3, 0.4) is 0 Å². The molecular weight excluding hydrogens is 186 g/mol. The summed E-state index contributed by atoms with van der Waals surface area (Å²) in [6, 6.07) is 4.18. The van der Waals surface area contributed by atoms with E-state index in [-0.39, 0.29) is 0 Å². The molecule has 0 saturated carbocycles. The van der Waals surface area contributed by atoms with Gasteiger partial charge in [-0.1, -0.05) is 0 Å². The van der Waals surface area contributed by atoms with Crippen molar-refractivity contribution in [1.29, 1.82) is 0 Å². The molecule has 1 aromatic heterocycles. The molecule has 3 nitrogen and oxygen atoms in total. The lowest BCUT2D eigenvalue weighted by Gasteiger charge is -2.26. The van der Waals surface area contributed by atoms with Crippen LogP contribution in [-0.4, -0.2) is 17.4 Å². The monoisotopic (exact) mass is 200 g/mol. The van der Waals surface area contributed by atoms with E-state index in [1.54, 1.807) is 0 Å². The topological polar surface area (TPSA) is 25.2 Å². The highest BCUT2D eigenvalue weighted by atomic mass is 15.4. The minimum absolute atomic E-state index is 0.819. The molecule has 3 heteroatoms. The molecule has 0 bridgehead atoms. The molecule has 2 aliphatic rings. The molecule has 0 aliphatic carbocycles. The lowest BCUT2D eigenvalue weighted by Crippen LogP contribution is -2.43. The summed E-state index contributed by atoms with van der Waals surface area (Å²) >= 11 is 0. The number of nitrogens with zero attached hydrogens (tertiary/aromatic N) is 3.